The van der Waals surface area contributed by atoms with Crippen molar-refractivity contribution in [3.05, 3.63) is 0 Å². The monoisotopic (exact) mass is 194 g/mol. The van der Waals surface area contributed by atoms with E-state index in [2.05, 4.69) is 0 Å². The molecule has 0 aromatic carbocycles. The third-order valence-electron chi connectivity index (χ3n) is 2.08. The first-order valence-corrected chi connectivity index (χ1v) is 3.91. The van der Waals surface area contributed by atoms with E-state index >= 15 is 0 Å². The Balaban J connectivity index is 2.66. The predicted octanol–water partition coefficient (Wildman–Crippen LogP) is -2.57. The molecule has 0 aromatic rings. The van der Waals surface area contributed by atoms with Crippen LogP contribution in [-0.2, 0) is 9.47 Å². The summed E-state index contributed by atoms with van der Waals surface area (Å²) in [6.45, 7) is -0.730. The molecule has 6 nitrogen and oxygen atoms in total. The summed E-state index contributed by atoms with van der Waals surface area (Å²) >= 11 is 0. The highest BCUT2D eigenvalue weighted by Gasteiger charge is 2.52. The zero-order chi connectivity index (χ0) is 10.1. The SMILES string of the molecule is COC[C@H]1O[C@@](O)(CO)[C@@H](O)[C@H]1O. The second-order valence-corrected chi connectivity index (χ2v) is 3.05. The van der Waals surface area contributed by atoms with Crippen molar-refractivity contribution < 1.29 is 29.9 Å². The van der Waals surface area contributed by atoms with Crippen LogP contribution in [-0.4, -0.2) is 64.8 Å². The minimum absolute atomic E-state index is 0.0422. The summed E-state index contributed by atoms with van der Waals surface area (Å²) in [4.78, 5) is 0. The van der Waals surface area contributed by atoms with Crippen molar-refractivity contribution in [3.63, 3.8) is 0 Å². The van der Waals surface area contributed by atoms with E-state index in [1.54, 1.807) is 0 Å². The zero-order valence-electron chi connectivity index (χ0n) is 7.25. The van der Waals surface area contributed by atoms with Crippen LogP contribution in [0.25, 0.3) is 0 Å². The molecule has 1 aliphatic heterocycles. The van der Waals surface area contributed by atoms with Crippen LogP contribution in [0.4, 0.5) is 0 Å². The molecule has 4 N–H and O–H groups in total. The number of ether oxygens (including phenoxy) is 2. The van der Waals surface area contributed by atoms with Crippen molar-refractivity contribution in [1.82, 2.24) is 0 Å². The van der Waals surface area contributed by atoms with Gasteiger partial charge in [-0.3, -0.25) is 0 Å². The molecule has 1 rings (SSSR count). The average molecular weight is 194 g/mol. The van der Waals surface area contributed by atoms with Crippen molar-refractivity contribution in [3.8, 4) is 0 Å². The molecule has 0 bridgehead atoms. The van der Waals surface area contributed by atoms with Crippen molar-refractivity contribution in [2.75, 3.05) is 20.3 Å². The number of rotatable bonds is 3. The van der Waals surface area contributed by atoms with Crippen LogP contribution < -0.4 is 0 Å². The second kappa shape index (κ2) is 3.87. The van der Waals surface area contributed by atoms with Crippen molar-refractivity contribution >= 4 is 0 Å². The molecular weight excluding hydrogens is 180 g/mol. The number of hydrogen-bond acceptors (Lipinski definition) is 6. The Kier molecular flexibility index (Phi) is 3.23. The maximum absolute atomic E-state index is 9.40. The summed E-state index contributed by atoms with van der Waals surface area (Å²) in [5.74, 6) is -2.08. The Bertz CT molecular complexity index is 174. The van der Waals surface area contributed by atoms with Gasteiger partial charge in [0.25, 0.3) is 0 Å². The zero-order valence-corrected chi connectivity index (χ0v) is 7.25. The van der Waals surface area contributed by atoms with E-state index in [0.29, 0.717) is 0 Å². The third kappa shape index (κ3) is 1.83. The van der Waals surface area contributed by atoms with Gasteiger partial charge < -0.3 is 29.9 Å². The molecule has 0 aliphatic carbocycles. The molecule has 6 heteroatoms. The van der Waals surface area contributed by atoms with Gasteiger partial charge >= 0.3 is 0 Å². The fourth-order valence-electron chi connectivity index (χ4n) is 1.30. The van der Waals surface area contributed by atoms with Gasteiger partial charge in [0.1, 0.15) is 18.3 Å². The fraction of sp³-hybridized carbons (Fsp3) is 1.00. The number of hydrogen-bond donors (Lipinski definition) is 4. The lowest BCUT2D eigenvalue weighted by atomic mass is 10.1. The van der Waals surface area contributed by atoms with E-state index in [-0.39, 0.29) is 6.61 Å². The molecule has 0 amide bonds. The number of methoxy groups -OCH3 is 1. The molecule has 1 fully saturated rings. The summed E-state index contributed by atoms with van der Waals surface area (Å²) < 4.78 is 9.54. The average Bonchev–Trinajstić information content (AvgIpc) is 2.33. The second-order valence-electron chi connectivity index (χ2n) is 3.05. The quantitative estimate of drug-likeness (QED) is 0.394. The summed E-state index contributed by atoms with van der Waals surface area (Å²) in [6, 6.07) is 0. The summed E-state index contributed by atoms with van der Waals surface area (Å²) in [5.41, 5.74) is 0. The maximum Gasteiger partial charge on any atom is 0.219 e. The molecule has 0 spiro atoms. The van der Waals surface area contributed by atoms with E-state index in [1.807, 2.05) is 0 Å². The van der Waals surface area contributed by atoms with E-state index in [0.717, 1.165) is 0 Å². The van der Waals surface area contributed by atoms with Gasteiger partial charge in [-0.2, -0.15) is 0 Å². The lowest BCUT2D eigenvalue weighted by Crippen LogP contribution is -2.46. The van der Waals surface area contributed by atoms with Gasteiger partial charge in [-0.15, -0.1) is 0 Å². The molecule has 0 unspecified atom stereocenters. The van der Waals surface area contributed by atoms with Crippen LogP contribution >= 0.6 is 0 Å². The van der Waals surface area contributed by atoms with Gasteiger partial charge in [-0.25, -0.2) is 0 Å². The van der Waals surface area contributed by atoms with Gasteiger partial charge in [0.05, 0.1) is 13.2 Å². The van der Waals surface area contributed by atoms with Crippen LogP contribution in [0, 0.1) is 0 Å². The smallest absolute Gasteiger partial charge is 0.219 e. The highest BCUT2D eigenvalue weighted by atomic mass is 16.7. The Hall–Kier alpha value is -0.240. The van der Waals surface area contributed by atoms with Gasteiger partial charge in [0.15, 0.2) is 0 Å². The van der Waals surface area contributed by atoms with Gasteiger partial charge in [-0.1, -0.05) is 0 Å². The minimum atomic E-state index is -2.08. The maximum atomic E-state index is 9.40. The topological polar surface area (TPSA) is 99.4 Å². The molecule has 1 aliphatic rings. The van der Waals surface area contributed by atoms with E-state index in [1.165, 1.54) is 7.11 Å². The van der Waals surface area contributed by atoms with Crippen molar-refractivity contribution in [2.45, 2.75) is 24.1 Å². The highest BCUT2D eigenvalue weighted by Crippen LogP contribution is 2.28. The summed E-state index contributed by atoms with van der Waals surface area (Å²) in [5, 5.41) is 36.7. The van der Waals surface area contributed by atoms with Crippen molar-refractivity contribution in [2.24, 2.45) is 0 Å². The number of aliphatic hydroxyl groups is 4. The van der Waals surface area contributed by atoms with Crippen molar-refractivity contribution in [1.29, 1.82) is 0 Å². The normalized spacial score (nSPS) is 45.5. The van der Waals surface area contributed by atoms with E-state index in [9.17, 15) is 15.3 Å². The first kappa shape index (κ1) is 10.8. The largest absolute Gasteiger partial charge is 0.391 e. The lowest BCUT2D eigenvalue weighted by molar-refractivity contribution is -0.248. The van der Waals surface area contributed by atoms with E-state index < -0.39 is 30.7 Å². The lowest BCUT2D eigenvalue weighted by Gasteiger charge is -2.22. The molecule has 1 saturated heterocycles. The van der Waals surface area contributed by atoms with Crippen LogP contribution in [0.5, 0.6) is 0 Å². The minimum Gasteiger partial charge on any atom is -0.391 e. The Morgan fingerprint density at radius 2 is 2.08 bits per heavy atom. The summed E-state index contributed by atoms with van der Waals surface area (Å²) in [7, 11) is 1.40. The van der Waals surface area contributed by atoms with Gasteiger partial charge in [0.2, 0.25) is 5.79 Å². The van der Waals surface area contributed by atoms with Crippen LogP contribution in [0.3, 0.4) is 0 Å². The van der Waals surface area contributed by atoms with Gasteiger partial charge in [0, 0.05) is 7.11 Å². The van der Waals surface area contributed by atoms with Crippen LogP contribution in [0.2, 0.25) is 0 Å². The molecule has 0 aromatic heterocycles. The third-order valence-corrected chi connectivity index (χ3v) is 2.08. The molecule has 78 valence electrons. The van der Waals surface area contributed by atoms with Crippen LogP contribution in [0.1, 0.15) is 0 Å². The Labute approximate surface area is 75.3 Å². The summed E-state index contributed by atoms with van der Waals surface area (Å²) in [6.07, 6.45) is -3.59. The molecule has 1 heterocycles. The number of aliphatic hydroxyl groups excluding tert-OH is 3. The highest BCUT2D eigenvalue weighted by molar-refractivity contribution is 4.94. The molecule has 0 radical (unpaired) electrons. The van der Waals surface area contributed by atoms with Gasteiger partial charge in [-0.05, 0) is 0 Å². The first-order valence-electron chi connectivity index (χ1n) is 3.91. The molecule has 4 atom stereocenters. The standard InChI is InChI=1S/C7H14O6/c1-12-2-4-5(9)6(10)7(11,3-8)13-4/h4-6,8-11H,2-3H2,1H3/t4-,5+,6+,7+/m1/s1. The Morgan fingerprint density at radius 1 is 1.46 bits per heavy atom. The first-order chi connectivity index (χ1) is 6.05. The van der Waals surface area contributed by atoms with E-state index in [4.69, 9.17) is 14.6 Å². The molecule has 0 saturated carbocycles. The molecular formula is C7H14O6. The molecule has 13 heavy (non-hydrogen) atoms. The van der Waals surface area contributed by atoms with Crippen LogP contribution in [0.15, 0.2) is 0 Å². The fourth-order valence-corrected chi connectivity index (χ4v) is 1.30. The Morgan fingerprint density at radius 3 is 2.46 bits per heavy atom. The predicted molar refractivity (Wildman–Crippen MR) is 40.8 cm³/mol.